The first-order valence-corrected chi connectivity index (χ1v) is 6.20. The maximum absolute atomic E-state index is 11.9. The molecule has 1 rings (SSSR count). The maximum atomic E-state index is 11.9. The third-order valence-corrected chi connectivity index (χ3v) is 2.86. The zero-order valence-corrected chi connectivity index (χ0v) is 10.6. The summed E-state index contributed by atoms with van der Waals surface area (Å²) < 4.78 is 0. The summed E-state index contributed by atoms with van der Waals surface area (Å²) in [6, 6.07) is 6.69. The Morgan fingerprint density at radius 2 is 1.82 bits per heavy atom. The lowest BCUT2D eigenvalue weighted by molar-refractivity contribution is -0.118. The Bertz CT molecular complexity index is 346. The van der Waals surface area contributed by atoms with Gasteiger partial charge in [0.2, 0.25) is 5.91 Å². The number of benzene rings is 1. The number of carbonyl (C=O) groups is 1. The monoisotopic (exact) mass is 235 g/mol. The molecule has 0 aliphatic rings. The third kappa shape index (κ3) is 4.47. The highest BCUT2D eigenvalue weighted by Crippen LogP contribution is 2.18. The Balaban J connectivity index is 2.43. The second-order valence-electron chi connectivity index (χ2n) is 4.28. The molecule has 0 aromatic heterocycles. The lowest BCUT2D eigenvalue weighted by Crippen LogP contribution is -2.25. The number of nitrogens with zero attached hydrogens (tertiary/aromatic N) is 1. The van der Waals surface area contributed by atoms with Crippen molar-refractivity contribution in [3.63, 3.8) is 0 Å². The molecule has 0 heterocycles. The van der Waals surface area contributed by atoms with E-state index in [1.54, 1.807) is 36.2 Å². The smallest absolute Gasteiger partial charge is 0.226 e. The number of unbranched alkanes of at least 4 members (excludes halogenated alkanes) is 3. The van der Waals surface area contributed by atoms with Crippen LogP contribution in [0.15, 0.2) is 24.3 Å². The second kappa shape index (κ2) is 6.94. The van der Waals surface area contributed by atoms with E-state index in [-0.39, 0.29) is 11.7 Å². The van der Waals surface area contributed by atoms with Gasteiger partial charge in [-0.2, -0.15) is 0 Å². The van der Waals surface area contributed by atoms with E-state index in [1.807, 2.05) is 0 Å². The van der Waals surface area contributed by atoms with Crippen LogP contribution in [0.1, 0.15) is 39.0 Å². The van der Waals surface area contributed by atoms with Crippen LogP contribution in [-0.4, -0.2) is 18.1 Å². The number of rotatable bonds is 6. The summed E-state index contributed by atoms with van der Waals surface area (Å²) in [6.45, 7) is 2.16. The lowest BCUT2D eigenvalue weighted by Gasteiger charge is -2.17. The molecule has 0 fully saturated rings. The van der Waals surface area contributed by atoms with Crippen LogP contribution >= 0.6 is 0 Å². The third-order valence-electron chi connectivity index (χ3n) is 2.86. The van der Waals surface area contributed by atoms with Crippen molar-refractivity contribution >= 4 is 11.6 Å². The number of anilines is 1. The van der Waals surface area contributed by atoms with Gasteiger partial charge in [0.05, 0.1) is 0 Å². The van der Waals surface area contributed by atoms with Crippen LogP contribution in [0.25, 0.3) is 0 Å². The minimum absolute atomic E-state index is 0.131. The summed E-state index contributed by atoms with van der Waals surface area (Å²) in [7, 11) is 1.77. The van der Waals surface area contributed by atoms with Crippen molar-refractivity contribution in [2.75, 3.05) is 11.9 Å². The first-order chi connectivity index (χ1) is 8.15. The van der Waals surface area contributed by atoms with Crippen molar-refractivity contribution in [3.05, 3.63) is 24.3 Å². The Labute approximate surface area is 103 Å². The zero-order valence-electron chi connectivity index (χ0n) is 10.6. The minimum Gasteiger partial charge on any atom is -0.508 e. The number of carbonyl (C=O) groups excluding carboxylic acids is 1. The number of hydrogen-bond acceptors (Lipinski definition) is 2. The Hall–Kier alpha value is -1.51. The average Bonchev–Trinajstić information content (AvgIpc) is 2.34. The molecule has 3 nitrogen and oxygen atoms in total. The van der Waals surface area contributed by atoms with Crippen molar-refractivity contribution in [3.8, 4) is 5.75 Å². The zero-order chi connectivity index (χ0) is 12.7. The van der Waals surface area contributed by atoms with Gasteiger partial charge in [0.1, 0.15) is 5.75 Å². The fourth-order valence-corrected chi connectivity index (χ4v) is 1.69. The van der Waals surface area contributed by atoms with Gasteiger partial charge in [-0.05, 0) is 30.7 Å². The summed E-state index contributed by atoms with van der Waals surface area (Å²) in [5.74, 6) is 0.351. The van der Waals surface area contributed by atoms with Gasteiger partial charge in [0.25, 0.3) is 0 Å². The van der Waals surface area contributed by atoms with Crippen LogP contribution in [0.2, 0.25) is 0 Å². The van der Waals surface area contributed by atoms with Crippen LogP contribution < -0.4 is 4.90 Å². The summed E-state index contributed by atoms with van der Waals surface area (Å²) in [6.07, 6.45) is 5.04. The molecule has 0 atom stereocenters. The number of phenols is 1. The first kappa shape index (κ1) is 13.6. The molecule has 3 heteroatoms. The van der Waals surface area contributed by atoms with Gasteiger partial charge >= 0.3 is 0 Å². The van der Waals surface area contributed by atoms with Gasteiger partial charge in [-0.3, -0.25) is 4.79 Å². The molecular formula is C14H21NO2. The van der Waals surface area contributed by atoms with E-state index in [1.165, 1.54) is 12.8 Å². The summed E-state index contributed by atoms with van der Waals surface area (Å²) in [5.41, 5.74) is 0.822. The molecule has 1 aromatic rings. The second-order valence-corrected chi connectivity index (χ2v) is 4.28. The Kier molecular flexibility index (Phi) is 5.53. The molecule has 0 saturated carbocycles. The SMILES string of the molecule is CCCCCCC(=O)N(C)c1ccc(O)cc1. The highest BCUT2D eigenvalue weighted by Gasteiger charge is 2.09. The van der Waals surface area contributed by atoms with E-state index < -0.39 is 0 Å². The van der Waals surface area contributed by atoms with E-state index in [2.05, 4.69) is 6.92 Å². The fraction of sp³-hybridized carbons (Fsp3) is 0.500. The topological polar surface area (TPSA) is 40.5 Å². The fourth-order valence-electron chi connectivity index (χ4n) is 1.69. The van der Waals surface area contributed by atoms with Crippen molar-refractivity contribution in [2.24, 2.45) is 0 Å². The molecule has 1 aromatic carbocycles. The molecular weight excluding hydrogens is 214 g/mol. The van der Waals surface area contributed by atoms with E-state index in [9.17, 15) is 9.90 Å². The molecule has 0 radical (unpaired) electrons. The first-order valence-electron chi connectivity index (χ1n) is 6.20. The Morgan fingerprint density at radius 1 is 1.18 bits per heavy atom. The summed E-state index contributed by atoms with van der Waals surface area (Å²) in [4.78, 5) is 13.5. The maximum Gasteiger partial charge on any atom is 0.226 e. The minimum atomic E-state index is 0.131. The normalized spacial score (nSPS) is 10.2. The summed E-state index contributed by atoms with van der Waals surface area (Å²) in [5, 5.41) is 9.17. The van der Waals surface area contributed by atoms with Gasteiger partial charge in [-0.25, -0.2) is 0 Å². The molecule has 0 aliphatic carbocycles. The van der Waals surface area contributed by atoms with Crippen molar-refractivity contribution in [1.29, 1.82) is 0 Å². The average molecular weight is 235 g/mol. The predicted octanol–water partition coefficient (Wildman–Crippen LogP) is 3.33. The number of aromatic hydroxyl groups is 1. The summed E-state index contributed by atoms with van der Waals surface area (Å²) >= 11 is 0. The molecule has 1 N–H and O–H groups in total. The van der Waals surface area contributed by atoms with Crippen molar-refractivity contribution in [1.82, 2.24) is 0 Å². The molecule has 17 heavy (non-hydrogen) atoms. The van der Waals surface area contributed by atoms with E-state index in [4.69, 9.17) is 0 Å². The molecule has 1 amide bonds. The van der Waals surface area contributed by atoms with Crippen molar-refractivity contribution < 1.29 is 9.90 Å². The number of hydrogen-bond donors (Lipinski definition) is 1. The van der Waals surface area contributed by atoms with E-state index in [0.29, 0.717) is 6.42 Å². The number of phenolic OH excluding ortho intramolecular Hbond substituents is 1. The van der Waals surface area contributed by atoms with E-state index in [0.717, 1.165) is 18.5 Å². The van der Waals surface area contributed by atoms with Gasteiger partial charge < -0.3 is 10.0 Å². The van der Waals surface area contributed by atoms with Crippen LogP contribution in [0.3, 0.4) is 0 Å². The quantitative estimate of drug-likeness (QED) is 0.768. The highest BCUT2D eigenvalue weighted by molar-refractivity contribution is 5.92. The van der Waals surface area contributed by atoms with Crippen molar-refractivity contribution in [2.45, 2.75) is 39.0 Å². The van der Waals surface area contributed by atoms with Crippen LogP contribution in [0, 0.1) is 0 Å². The molecule has 0 saturated heterocycles. The van der Waals surface area contributed by atoms with Gasteiger partial charge in [-0.15, -0.1) is 0 Å². The van der Waals surface area contributed by atoms with Crippen LogP contribution in [0.4, 0.5) is 5.69 Å². The van der Waals surface area contributed by atoms with Gasteiger partial charge in [0.15, 0.2) is 0 Å². The largest absolute Gasteiger partial charge is 0.508 e. The molecule has 94 valence electrons. The Morgan fingerprint density at radius 3 is 2.41 bits per heavy atom. The predicted molar refractivity (Wildman–Crippen MR) is 70.3 cm³/mol. The number of amides is 1. The molecule has 0 bridgehead atoms. The molecule has 0 spiro atoms. The van der Waals surface area contributed by atoms with Gasteiger partial charge in [-0.1, -0.05) is 26.2 Å². The molecule has 0 unspecified atom stereocenters. The van der Waals surface area contributed by atoms with Crippen LogP contribution in [0.5, 0.6) is 5.75 Å². The highest BCUT2D eigenvalue weighted by atomic mass is 16.3. The standard InChI is InChI=1S/C14H21NO2/c1-3-4-5-6-7-14(17)15(2)12-8-10-13(16)11-9-12/h8-11,16H,3-7H2,1-2H3. The van der Waals surface area contributed by atoms with E-state index >= 15 is 0 Å². The molecule has 0 aliphatic heterocycles. The van der Waals surface area contributed by atoms with Gasteiger partial charge in [0, 0.05) is 19.2 Å². The lowest BCUT2D eigenvalue weighted by atomic mass is 10.1. The van der Waals surface area contributed by atoms with Crippen LogP contribution in [-0.2, 0) is 4.79 Å².